The van der Waals surface area contributed by atoms with E-state index in [0.29, 0.717) is 11.9 Å². The lowest BCUT2D eigenvalue weighted by atomic mass is 10.1. The smallest absolute Gasteiger partial charge is 0.261 e. The molecule has 0 aliphatic rings. The zero-order valence-corrected chi connectivity index (χ0v) is 16.6. The van der Waals surface area contributed by atoms with Crippen LogP contribution in [0.4, 0.5) is 0 Å². The van der Waals surface area contributed by atoms with E-state index in [1.54, 1.807) is 0 Å². The van der Waals surface area contributed by atoms with E-state index < -0.39 is 0 Å². The summed E-state index contributed by atoms with van der Waals surface area (Å²) in [6, 6.07) is 27.9. The molecule has 4 nitrogen and oxygen atoms in total. The van der Waals surface area contributed by atoms with Gasteiger partial charge in [0.15, 0.2) is 0 Å². The van der Waals surface area contributed by atoms with Crippen molar-refractivity contribution in [2.75, 3.05) is 0 Å². The van der Waals surface area contributed by atoms with E-state index in [4.69, 9.17) is 4.98 Å². The third kappa shape index (κ3) is 4.28. The summed E-state index contributed by atoms with van der Waals surface area (Å²) in [5.74, 6) is 0.788. The van der Waals surface area contributed by atoms with Gasteiger partial charge in [-0.1, -0.05) is 79.7 Å². The van der Waals surface area contributed by atoms with Crippen LogP contribution in [0.25, 0.3) is 10.9 Å². The number of nitrogens with one attached hydrogen (secondary N) is 1. The molecule has 29 heavy (non-hydrogen) atoms. The highest BCUT2D eigenvalue weighted by Crippen LogP contribution is 2.19. The van der Waals surface area contributed by atoms with Gasteiger partial charge in [0, 0.05) is 6.54 Å². The molecule has 0 saturated heterocycles. The van der Waals surface area contributed by atoms with Crippen LogP contribution in [-0.4, -0.2) is 9.55 Å². The molecule has 1 N–H and O–H groups in total. The molecule has 1 unspecified atom stereocenters. The van der Waals surface area contributed by atoms with Crippen LogP contribution < -0.4 is 10.9 Å². The average Bonchev–Trinajstić information content (AvgIpc) is 2.78. The summed E-state index contributed by atoms with van der Waals surface area (Å²) >= 11 is 0. The van der Waals surface area contributed by atoms with Crippen molar-refractivity contribution in [3.63, 3.8) is 0 Å². The van der Waals surface area contributed by atoms with E-state index in [-0.39, 0.29) is 11.6 Å². The van der Waals surface area contributed by atoms with Crippen molar-refractivity contribution >= 4 is 10.9 Å². The SMILES string of the molecule is CCC(NCc1ccccc1)c1nc2ccccc2c(=O)n1Cc1ccccc1. The monoisotopic (exact) mass is 383 g/mol. The Morgan fingerprint density at radius 3 is 2.17 bits per heavy atom. The summed E-state index contributed by atoms with van der Waals surface area (Å²) in [6.45, 7) is 3.36. The molecular formula is C25H25N3O. The van der Waals surface area contributed by atoms with Crippen LogP contribution in [0.2, 0.25) is 0 Å². The Morgan fingerprint density at radius 2 is 1.48 bits per heavy atom. The number of para-hydroxylation sites is 1. The molecule has 4 rings (SSSR count). The fourth-order valence-electron chi connectivity index (χ4n) is 3.63. The van der Waals surface area contributed by atoms with E-state index >= 15 is 0 Å². The summed E-state index contributed by atoms with van der Waals surface area (Å²) in [4.78, 5) is 18.3. The molecule has 0 aliphatic heterocycles. The van der Waals surface area contributed by atoms with Gasteiger partial charge < -0.3 is 5.32 Å². The Balaban J connectivity index is 1.75. The highest BCUT2D eigenvalue weighted by atomic mass is 16.1. The van der Waals surface area contributed by atoms with E-state index in [1.165, 1.54) is 5.56 Å². The number of nitrogens with zero attached hydrogens (tertiary/aromatic N) is 2. The number of rotatable bonds is 7. The summed E-state index contributed by atoms with van der Waals surface area (Å²) < 4.78 is 1.82. The molecular weight excluding hydrogens is 358 g/mol. The molecule has 0 amide bonds. The number of aromatic nitrogens is 2. The lowest BCUT2D eigenvalue weighted by molar-refractivity contribution is 0.466. The molecule has 4 heteroatoms. The van der Waals surface area contributed by atoms with Crippen molar-refractivity contribution in [3.05, 3.63) is 112 Å². The Morgan fingerprint density at radius 1 is 0.862 bits per heavy atom. The fourth-order valence-corrected chi connectivity index (χ4v) is 3.63. The van der Waals surface area contributed by atoms with Crippen LogP contribution in [0.5, 0.6) is 0 Å². The summed E-state index contributed by atoms with van der Waals surface area (Å²) in [6.07, 6.45) is 0.840. The van der Waals surface area contributed by atoms with E-state index in [1.807, 2.05) is 77.4 Å². The van der Waals surface area contributed by atoms with Gasteiger partial charge >= 0.3 is 0 Å². The number of hydrogen-bond donors (Lipinski definition) is 1. The molecule has 1 atom stereocenters. The molecule has 0 saturated carbocycles. The second kappa shape index (κ2) is 8.84. The first-order valence-electron chi connectivity index (χ1n) is 10.1. The zero-order valence-electron chi connectivity index (χ0n) is 16.6. The third-order valence-corrected chi connectivity index (χ3v) is 5.19. The fraction of sp³-hybridized carbons (Fsp3) is 0.200. The molecule has 4 aromatic rings. The molecule has 146 valence electrons. The van der Waals surface area contributed by atoms with Crippen molar-refractivity contribution in [2.24, 2.45) is 0 Å². The van der Waals surface area contributed by atoms with Gasteiger partial charge in [-0.2, -0.15) is 0 Å². The third-order valence-electron chi connectivity index (χ3n) is 5.19. The molecule has 1 aromatic heterocycles. The normalized spacial score (nSPS) is 12.2. The van der Waals surface area contributed by atoms with Gasteiger partial charge in [-0.05, 0) is 29.7 Å². The van der Waals surface area contributed by atoms with Crippen molar-refractivity contribution in [3.8, 4) is 0 Å². The minimum atomic E-state index is -0.0174. The predicted molar refractivity (Wildman–Crippen MR) is 118 cm³/mol. The number of fused-ring (bicyclic) bond motifs is 1. The Kier molecular flexibility index (Phi) is 5.82. The van der Waals surface area contributed by atoms with Crippen molar-refractivity contribution < 1.29 is 0 Å². The number of hydrogen-bond acceptors (Lipinski definition) is 3. The summed E-state index contributed by atoms with van der Waals surface area (Å²) in [5, 5.41) is 4.26. The van der Waals surface area contributed by atoms with E-state index in [0.717, 1.165) is 29.9 Å². The average molecular weight is 383 g/mol. The van der Waals surface area contributed by atoms with Crippen LogP contribution >= 0.6 is 0 Å². The van der Waals surface area contributed by atoms with Gasteiger partial charge in [0.25, 0.3) is 5.56 Å². The van der Waals surface area contributed by atoms with Crippen molar-refractivity contribution in [1.29, 1.82) is 0 Å². The predicted octanol–water partition coefficient (Wildman–Crippen LogP) is 4.69. The molecule has 0 aliphatic carbocycles. The Hall–Kier alpha value is -3.24. The highest BCUT2D eigenvalue weighted by Gasteiger charge is 2.19. The maximum absolute atomic E-state index is 13.3. The van der Waals surface area contributed by atoms with Gasteiger partial charge in [0.1, 0.15) is 5.82 Å². The first kappa shape index (κ1) is 19.1. The first-order chi connectivity index (χ1) is 14.3. The van der Waals surface area contributed by atoms with Gasteiger partial charge in [0.2, 0.25) is 0 Å². The summed E-state index contributed by atoms with van der Waals surface area (Å²) in [5.41, 5.74) is 3.06. The van der Waals surface area contributed by atoms with Crippen molar-refractivity contribution in [1.82, 2.24) is 14.9 Å². The first-order valence-corrected chi connectivity index (χ1v) is 10.1. The second-order valence-electron chi connectivity index (χ2n) is 7.19. The Bertz CT molecular complexity index is 1140. The standard InChI is InChI=1S/C25H25N3O/c1-2-22(26-17-19-11-5-3-6-12-19)24-27-23-16-10-9-15-21(23)25(29)28(24)18-20-13-7-4-8-14-20/h3-16,22,26H,2,17-18H2,1H3. The summed E-state index contributed by atoms with van der Waals surface area (Å²) in [7, 11) is 0. The second-order valence-corrected chi connectivity index (χ2v) is 7.19. The molecule has 3 aromatic carbocycles. The lowest BCUT2D eigenvalue weighted by Gasteiger charge is -2.22. The minimum Gasteiger partial charge on any atom is -0.303 e. The topological polar surface area (TPSA) is 46.9 Å². The lowest BCUT2D eigenvalue weighted by Crippen LogP contribution is -2.32. The largest absolute Gasteiger partial charge is 0.303 e. The van der Waals surface area contributed by atoms with Crippen LogP contribution in [0.3, 0.4) is 0 Å². The Labute approximate surface area is 170 Å². The van der Waals surface area contributed by atoms with Gasteiger partial charge in [-0.25, -0.2) is 4.98 Å². The minimum absolute atomic E-state index is 0.00872. The molecule has 0 spiro atoms. The maximum atomic E-state index is 13.3. The van der Waals surface area contributed by atoms with E-state index in [9.17, 15) is 4.79 Å². The van der Waals surface area contributed by atoms with Gasteiger partial charge in [-0.15, -0.1) is 0 Å². The maximum Gasteiger partial charge on any atom is 0.261 e. The van der Waals surface area contributed by atoms with Crippen LogP contribution in [0.15, 0.2) is 89.7 Å². The molecule has 0 fully saturated rings. The van der Waals surface area contributed by atoms with Crippen molar-refractivity contribution in [2.45, 2.75) is 32.5 Å². The quantitative estimate of drug-likeness (QED) is 0.504. The zero-order chi connectivity index (χ0) is 20.1. The molecule has 0 radical (unpaired) electrons. The van der Waals surface area contributed by atoms with Gasteiger partial charge in [0.05, 0.1) is 23.5 Å². The van der Waals surface area contributed by atoms with E-state index in [2.05, 4.69) is 24.4 Å². The molecule has 1 heterocycles. The molecule has 0 bridgehead atoms. The van der Waals surface area contributed by atoms with Crippen LogP contribution in [0, 0.1) is 0 Å². The highest BCUT2D eigenvalue weighted by molar-refractivity contribution is 5.77. The van der Waals surface area contributed by atoms with Crippen LogP contribution in [-0.2, 0) is 13.1 Å². The van der Waals surface area contributed by atoms with Crippen LogP contribution in [0.1, 0.15) is 36.3 Å². The number of benzene rings is 3. The van der Waals surface area contributed by atoms with Gasteiger partial charge in [-0.3, -0.25) is 9.36 Å².